The van der Waals surface area contributed by atoms with Crippen LogP contribution in [-0.2, 0) is 6.42 Å². The molecule has 2 heterocycles. The summed E-state index contributed by atoms with van der Waals surface area (Å²) in [5.41, 5.74) is 2.96. The van der Waals surface area contributed by atoms with Gasteiger partial charge in [0, 0.05) is 17.7 Å². The van der Waals surface area contributed by atoms with Crippen LogP contribution in [-0.4, -0.2) is 29.0 Å². The normalized spacial score (nSPS) is 10.8. The van der Waals surface area contributed by atoms with Gasteiger partial charge in [-0.2, -0.15) is 4.98 Å². The second-order valence-electron chi connectivity index (χ2n) is 5.49. The van der Waals surface area contributed by atoms with Crippen LogP contribution in [0.25, 0.3) is 11.4 Å². The maximum absolute atomic E-state index is 5.23. The fourth-order valence-corrected chi connectivity index (χ4v) is 2.49. The number of anilines is 1. The van der Waals surface area contributed by atoms with Gasteiger partial charge < -0.3 is 19.1 Å². The van der Waals surface area contributed by atoms with Gasteiger partial charge in [0.25, 0.3) is 0 Å². The summed E-state index contributed by atoms with van der Waals surface area (Å²) in [7, 11) is 1.63. The highest BCUT2D eigenvalue weighted by Crippen LogP contribution is 2.22. The molecule has 7 heteroatoms. The first-order valence-corrected chi connectivity index (χ1v) is 7.81. The zero-order valence-corrected chi connectivity index (χ0v) is 14.0. The molecule has 3 rings (SSSR count). The van der Waals surface area contributed by atoms with E-state index in [-0.39, 0.29) is 0 Å². The number of aryl methyl sites for hydroxylation is 2. The van der Waals surface area contributed by atoms with Crippen LogP contribution in [0.5, 0.6) is 5.75 Å². The van der Waals surface area contributed by atoms with E-state index in [2.05, 4.69) is 20.6 Å². The molecule has 3 aromatic rings. The standard InChI is InChI=1S/C17H20N4O3/c1-11-15(12(2)23-20-11)8-5-9-18-17-19-16(21-24-17)13-6-4-7-14(10-13)22-3/h4,6-7,10H,5,8-9H2,1-3H3,(H,18,19,21). The van der Waals surface area contributed by atoms with Crippen LogP contribution in [0.1, 0.15) is 23.4 Å². The lowest BCUT2D eigenvalue weighted by Crippen LogP contribution is -2.03. The number of nitrogens with one attached hydrogen (secondary N) is 1. The van der Waals surface area contributed by atoms with Gasteiger partial charge in [-0.3, -0.25) is 0 Å². The van der Waals surface area contributed by atoms with Crippen molar-refractivity contribution in [2.24, 2.45) is 0 Å². The van der Waals surface area contributed by atoms with Crippen molar-refractivity contribution >= 4 is 6.01 Å². The van der Waals surface area contributed by atoms with Gasteiger partial charge in [0.15, 0.2) is 0 Å². The third kappa shape index (κ3) is 3.56. The van der Waals surface area contributed by atoms with Crippen LogP contribution in [0, 0.1) is 13.8 Å². The van der Waals surface area contributed by atoms with Crippen LogP contribution in [0.3, 0.4) is 0 Å². The Kier molecular flexibility index (Phi) is 4.79. The molecule has 0 fully saturated rings. The number of hydrogen-bond acceptors (Lipinski definition) is 7. The van der Waals surface area contributed by atoms with Crippen molar-refractivity contribution in [1.29, 1.82) is 0 Å². The molecule has 0 aliphatic heterocycles. The van der Waals surface area contributed by atoms with Crippen molar-refractivity contribution in [1.82, 2.24) is 15.3 Å². The summed E-state index contributed by atoms with van der Waals surface area (Å²) in [6.45, 7) is 4.61. The van der Waals surface area contributed by atoms with Crippen LogP contribution in [0.4, 0.5) is 6.01 Å². The van der Waals surface area contributed by atoms with Crippen molar-refractivity contribution in [2.75, 3.05) is 19.0 Å². The molecule has 1 N–H and O–H groups in total. The zero-order chi connectivity index (χ0) is 16.9. The fourth-order valence-electron chi connectivity index (χ4n) is 2.49. The SMILES string of the molecule is COc1cccc(-c2noc(NCCCc3c(C)noc3C)n2)c1. The van der Waals surface area contributed by atoms with Gasteiger partial charge in [-0.05, 0) is 38.8 Å². The van der Waals surface area contributed by atoms with Crippen molar-refractivity contribution in [3.63, 3.8) is 0 Å². The highest BCUT2D eigenvalue weighted by molar-refractivity contribution is 5.57. The smallest absolute Gasteiger partial charge is 0.321 e. The summed E-state index contributed by atoms with van der Waals surface area (Å²) in [5, 5.41) is 11.1. The van der Waals surface area contributed by atoms with Gasteiger partial charge in [0.2, 0.25) is 5.82 Å². The molecule has 2 aromatic heterocycles. The maximum Gasteiger partial charge on any atom is 0.321 e. The lowest BCUT2D eigenvalue weighted by atomic mass is 10.1. The van der Waals surface area contributed by atoms with E-state index in [9.17, 15) is 0 Å². The molecule has 24 heavy (non-hydrogen) atoms. The lowest BCUT2D eigenvalue weighted by Gasteiger charge is -2.01. The van der Waals surface area contributed by atoms with E-state index in [1.54, 1.807) is 7.11 Å². The molecule has 0 aliphatic rings. The average Bonchev–Trinajstić information content (AvgIpc) is 3.20. The second-order valence-corrected chi connectivity index (χ2v) is 5.49. The molecule has 0 spiro atoms. The van der Waals surface area contributed by atoms with E-state index in [0.29, 0.717) is 11.8 Å². The van der Waals surface area contributed by atoms with Crippen LogP contribution < -0.4 is 10.1 Å². The van der Waals surface area contributed by atoms with Gasteiger partial charge in [-0.15, -0.1) is 0 Å². The Balaban J connectivity index is 1.54. The molecular formula is C17H20N4O3. The number of hydrogen-bond donors (Lipinski definition) is 1. The van der Waals surface area contributed by atoms with Crippen LogP contribution in [0.2, 0.25) is 0 Å². The molecule has 0 bridgehead atoms. The molecule has 126 valence electrons. The Bertz CT molecular complexity index is 790. The third-order valence-electron chi connectivity index (χ3n) is 3.81. The van der Waals surface area contributed by atoms with Gasteiger partial charge in [0.1, 0.15) is 11.5 Å². The van der Waals surface area contributed by atoms with Crippen molar-refractivity contribution in [2.45, 2.75) is 26.7 Å². The molecule has 0 saturated carbocycles. The lowest BCUT2D eigenvalue weighted by molar-refractivity contribution is 0.392. The summed E-state index contributed by atoms with van der Waals surface area (Å²) in [6.07, 6.45) is 1.81. The monoisotopic (exact) mass is 328 g/mol. The quantitative estimate of drug-likeness (QED) is 0.665. The van der Waals surface area contributed by atoms with Gasteiger partial charge in [-0.1, -0.05) is 22.4 Å². The molecule has 0 aliphatic carbocycles. The van der Waals surface area contributed by atoms with Gasteiger partial charge >= 0.3 is 6.01 Å². The van der Waals surface area contributed by atoms with E-state index in [1.807, 2.05) is 38.1 Å². The number of ether oxygens (including phenoxy) is 1. The van der Waals surface area contributed by atoms with Crippen molar-refractivity contribution in [3.8, 4) is 17.1 Å². The Labute approximate surface area is 140 Å². The minimum absolute atomic E-state index is 0.409. The summed E-state index contributed by atoms with van der Waals surface area (Å²) >= 11 is 0. The molecule has 0 amide bonds. The minimum atomic E-state index is 0.409. The Morgan fingerprint density at radius 3 is 2.79 bits per heavy atom. The average molecular weight is 328 g/mol. The summed E-state index contributed by atoms with van der Waals surface area (Å²) < 4.78 is 15.6. The first-order valence-electron chi connectivity index (χ1n) is 7.81. The molecular weight excluding hydrogens is 308 g/mol. The maximum atomic E-state index is 5.23. The van der Waals surface area contributed by atoms with Crippen LogP contribution in [0.15, 0.2) is 33.3 Å². The fraction of sp³-hybridized carbons (Fsp3) is 0.353. The Morgan fingerprint density at radius 1 is 1.17 bits per heavy atom. The molecule has 0 atom stereocenters. The van der Waals surface area contributed by atoms with E-state index >= 15 is 0 Å². The second kappa shape index (κ2) is 7.16. The van der Waals surface area contributed by atoms with Crippen molar-refractivity contribution < 1.29 is 13.8 Å². The largest absolute Gasteiger partial charge is 0.497 e. The Hall–Kier alpha value is -2.83. The predicted molar refractivity (Wildman–Crippen MR) is 89.1 cm³/mol. The van der Waals surface area contributed by atoms with Gasteiger partial charge in [-0.25, -0.2) is 0 Å². The minimum Gasteiger partial charge on any atom is -0.497 e. The molecule has 0 saturated heterocycles. The molecule has 7 nitrogen and oxygen atoms in total. The third-order valence-corrected chi connectivity index (χ3v) is 3.81. The molecule has 1 aromatic carbocycles. The van der Waals surface area contributed by atoms with E-state index < -0.39 is 0 Å². The predicted octanol–water partition coefficient (Wildman–Crippen LogP) is 3.39. The van der Waals surface area contributed by atoms with E-state index in [4.69, 9.17) is 13.8 Å². The van der Waals surface area contributed by atoms with Crippen LogP contribution >= 0.6 is 0 Å². The first kappa shape index (κ1) is 16.0. The first-order chi connectivity index (χ1) is 11.7. The Morgan fingerprint density at radius 2 is 2.04 bits per heavy atom. The highest BCUT2D eigenvalue weighted by atomic mass is 16.5. The number of rotatable bonds is 7. The number of aromatic nitrogens is 3. The molecule has 0 unspecified atom stereocenters. The van der Waals surface area contributed by atoms with E-state index in [0.717, 1.165) is 42.2 Å². The molecule has 0 radical (unpaired) electrons. The number of methoxy groups -OCH3 is 1. The topological polar surface area (TPSA) is 86.2 Å². The van der Waals surface area contributed by atoms with Crippen molar-refractivity contribution in [3.05, 3.63) is 41.3 Å². The highest BCUT2D eigenvalue weighted by Gasteiger charge is 2.10. The summed E-state index contributed by atoms with van der Waals surface area (Å²) in [5.74, 6) is 2.17. The van der Waals surface area contributed by atoms with Gasteiger partial charge in [0.05, 0.1) is 12.8 Å². The van der Waals surface area contributed by atoms with E-state index in [1.165, 1.54) is 5.56 Å². The summed E-state index contributed by atoms with van der Waals surface area (Å²) in [6, 6.07) is 7.95. The number of nitrogens with zero attached hydrogens (tertiary/aromatic N) is 3. The summed E-state index contributed by atoms with van der Waals surface area (Å²) in [4.78, 5) is 4.35. The number of benzene rings is 1. The zero-order valence-electron chi connectivity index (χ0n) is 14.0.